The molecule has 0 fully saturated rings. The topological polar surface area (TPSA) is 42.2 Å². The van der Waals surface area contributed by atoms with Gasteiger partial charge < -0.3 is 5.11 Å². The zero-order valence-corrected chi connectivity index (χ0v) is 6.27. The molecule has 0 saturated heterocycles. The maximum absolute atomic E-state index is 10.5. The SMILES string of the molecule is O=C(O)n1cc2ccccc2c1. The lowest BCUT2D eigenvalue weighted by atomic mass is 10.2. The molecular weight excluding hydrogens is 154 g/mol. The normalized spacial score (nSPS) is 10.3. The molecule has 60 valence electrons. The van der Waals surface area contributed by atoms with Crippen molar-refractivity contribution in [3.8, 4) is 0 Å². The maximum Gasteiger partial charge on any atom is 0.415 e. The third-order valence-corrected chi connectivity index (χ3v) is 1.77. The van der Waals surface area contributed by atoms with Crippen LogP contribution in [-0.4, -0.2) is 15.8 Å². The van der Waals surface area contributed by atoms with Gasteiger partial charge in [-0.3, -0.25) is 4.57 Å². The second-order valence-electron chi connectivity index (χ2n) is 2.58. The van der Waals surface area contributed by atoms with E-state index in [4.69, 9.17) is 5.11 Å². The van der Waals surface area contributed by atoms with Crippen molar-refractivity contribution in [3.63, 3.8) is 0 Å². The van der Waals surface area contributed by atoms with Gasteiger partial charge >= 0.3 is 6.09 Å². The Morgan fingerprint density at radius 2 is 1.67 bits per heavy atom. The van der Waals surface area contributed by atoms with E-state index < -0.39 is 6.09 Å². The van der Waals surface area contributed by atoms with Crippen LogP contribution in [0.25, 0.3) is 10.8 Å². The van der Waals surface area contributed by atoms with Gasteiger partial charge in [0.05, 0.1) is 0 Å². The highest BCUT2D eigenvalue weighted by Gasteiger charge is 2.01. The Balaban J connectivity index is 2.70. The Labute approximate surface area is 68.9 Å². The first kappa shape index (κ1) is 6.91. The molecule has 2 aromatic rings. The van der Waals surface area contributed by atoms with Crippen LogP contribution in [0.3, 0.4) is 0 Å². The fourth-order valence-electron chi connectivity index (χ4n) is 1.19. The van der Waals surface area contributed by atoms with E-state index in [9.17, 15) is 4.79 Å². The van der Waals surface area contributed by atoms with Crippen molar-refractivity contribution >= 4 is 16.9 Å². The number of carboxylic acid groups (broad SMARTS) is 1. The van der Waals surface area contributed by atoms with E-state index in [1.807, 2.05) is 24.3 Å². The molecule has 0 aliphatic carbocycles. The van der Waals surface area contributed by atoms with Crippen molar-refractivity contribution in [1.29, 1.82) is 0 Å². The van der Waals surface area contributed by atoms with Gasteiger partial charge in [0.1, 0.15) is 0 Å². The van der Waals surface area contributed by atoms with Gasteiger partial charge in [0.2, 0.25) is 0 Å². The van der Waals surface area contributed by atoms with Gasteiger partial charge in [0.15, 0.2) is 0 Å². The van der Waals surface area contributed by atoms with Crippen LogP contribution in [0.15, 0.2) is 36.7 Å². The lowest BCUT2D eigenvalue weighted by Gasteiger charge is -1.87. The van der Waals surface area contributed by atoms with E-state index in [1.165, 1.54) is 0 Å². The number of carbonyl (C=O) groups is 1. The van der Waals surface area contributed by atoms with Crippen LogP contribution in [0.2, 0.25) is 0 Å². The number of hydrogen-bond donors (Lipinski definition) is 1. The van der Waals surface area contributed by atoms with Crippen molar-refractivity contribution < 1.29 is 9.90 Å². The molecule has 0 amide bonds. The molecule has 0 radical (unpaired) electrons. The lowest BCUT2D eigenvalue weighted by Crippen LogP contribution is -2.03. The highest BCUT2D eigenvalue weighted by atomic mass is 16.4. The maximum atomic E-state index is 10.5. The second kappa shape index (κ2) is 2.37. The Morgan fingerprint density at radius 3 is 2.08 bits per heavy atom. The number of rotatable bonds is 0. The summed E-state index contributed by atoms with van der Waals surface area (Å²) in [4.78, 5) is 10.5. The molecular formula is C9H7NO2. The second-order valence-corrected chi connectivity index (χ2v) is 2.58. The van der Waals surface area contributed by atoms with E-state index in [0.717, 1.165) is 15.3 Å². The zero-order chi connectivity index (χ0) is 8.55. The molecule has 0 atom stereocenters. The summed E-state index contributed by atoms with van der Waals surface area (Å²) in [6.45, 7) is 0. The Bertz CT molecular complexity index is 398. The van der Waals surface area contributed by atoms with Crippen LogP contribution in [0.5, 0.6) is 0 Å². The Morgan fingerprint density at radius 1 is 1.17 bits per heavy atom. The summed E-state index contributed by atoms with van der Waals surface area (Å²) in [5.41, 5.74) is 0. The quantitative estimate of drug-likeness (QED) is 0.643. The first-order valence-electron chi connectivity index (χ1n) is 3.57. The van der Waals surface area contributed by atoms with Gasteiger partial charge in [-0.25, -0.2) is 4.79 Å². The molecule has 1 N–H and O–H groups in total. The summed E-state index contributed by atoms with van der Waals surface area (Å²) in [6.07, 6.45) is 2.24. The highest BCUT2D eigenvalue weighted by Crippen LogP contribution is 2.13. The van der Waals surface area contributed by atoms with E-state index in [-0.39, 0.29) is 0 Å². The molecule has 0 saturated carbocycles. The molecule has 2 rings (SSSR count). The molecule has 0 spiro atoms. The van der Waals surface area contributed by atoms with Crippen molar-refractivity contribution in [2.75, 3.05) is 0 Å². The Hall–Kier alpha value is -1.77. The summed E-state index contributed by atoms with van der Waals surface area (Å²) in [5, 5.41) is 10.5. The molecule has 0 unspecified atom stereocenters. The summed E-state index contributed by atoms with van der Waals surface area (Å²) < 4.78 is 1.16. The van der Waals surface area contributed by atoms with Crippen molar-refractivity contribution in [3.05, 3.63) is 36.7 Å². The first-order valence-corrected chi connectivity index (χ1v) is 3.57. The van der Waals surface area contributed by atoms with Crippen LogP contribution in [-0.2, 0) is 0 Å². The highest BCUT2D eigenvalue weighted by molar-refractivity contribution is 5.86. The molecule has 3 nitrogen and oxygen atoms in total. The third-order valence-electron chi connectivity index (χ3n) is 1.77. The van der Waals surface area contributed by atoms with Gasteiger partial charge in [-0.2, -0.15) is 0 Å². The number of nitrogens with zero attached hydrogens (tertiary/aromatic N) is 1. The van der Waals surface area contributed by atoms with Gasteiger partial charge in [-0.05, 0) is 10.8 Å². The first-order chi connectivity index (χ1) is 5.77. The van der Waals surface area contributed by atoms with Gasteiger partial charge in [0.25, 0.3) is 0 Å². The van der Waals surface area contributed by atoms with Crippen LogP contribution >= 0.6 is 0 Å². The number of aromatic nitrogens is 1. The summed E-state index contributed by atoms with van der Waals surface area (Å²) in [5.74, 6) is 0. The largest absolute Gasteiger partial charge is 0.464 e. The van der Waals surface area contributed by atoms with Crippen LogP contribution in [0.4, 0.5) is 4.79 Å². The molecule has 1 aromatic carbocycles. The molecule has 0 bridgehead atoms. The number of fused-ring (bicyclic) bond motifs is 1. The fraction of sp³-hybridized carbons (Fsp3) is 0. The molecule has 1 aromatic heterocycles. The minimum absolute atomic E-state index is 0.944. The summed E-state index contributed by atoms with van der Waals surface area (Å²) >= 11 is 0. The van der Waals surface area contributed by atoms with Crippen LogP contribution < -0.4 is 0 Å². The smallest absolute Gasteiger partial charge is 0.415 e. The monoisotopic (exact) mass is 161 g/mol. The predicted molar refractivity (Wildman–Crippen MR) is 45.4 cm³/mol. The zero-order valence-electron chi connectivity index (χ0n) is 6.27. The Kier molecular flexibility index (Phi) is 1.37. The van der Waals surface area contributed by atoms with Gasteiger partial charge in [0, 0.05) is 12.4 Å². The number of benzene rings is 1. The van der Waals surface area contributed by atoms with Crippen molar-refractivity contribution in [1.82, 2.24) is 4.57 Å². The van der Waals surface area contributed by atoms with E-state index in [0.29, 0.717) is 0 Å². The van der Waals surface area contributed by atoms with E-state index >= 15 is 0 Å². The molecule has 0 aliphatic heterocycles. The predicted octanol–water partition coefficient (Wildman–Crippen LogP) is 2.17. The third kappa shape index (κ3) is 0.955. The summed E-state index contributed by atoms with van der Waals surface area (Å²) in [7, 11) is 0. The standard InChI is InChI=1S/C9H7NO2/c11-9(12)10-5-7-3-1-2-4-8(7)6-10/h1-6H,(H,11,12). The minimum atomic E-state index is -0.953. The molecule has 1 heterocycles. The van der Waals surface area contributed by atoms with E-state index in [2.05, 4.69) is 0 Å². The van der Waals surface area contributed by atoms with E-state index in [1.54, 1.807) is 12.4 Å². The average molecular weight is 161 g/mol. The fourth-order valence-corrected chi connectivity index (χ4v) is 1.19. The van der Waals surface area contributed by atoms with Crippen LogP contribution in [0, 0.1) is 0 Å². The summed E-state index contributed by atoms with van der Waals surface area (Å²) in [6, 6.07) is 7.53. The molecule has 0 aliphatic rings. The van der Waals surface area contributed by atoms with Gasteiger partial charge in [-0.1, -0.05) is 24.3 Å². The molecule has 12 heavy (non-hydrogen) atoms. The van der Waals surface area contributed by atoms with Crippen LogP contribution in [0.1, 0.15) is 0 Å². The molecule has 3 heteroatoms. The minimum Gasteiger partial charge on any atom is -0.464 e. The average Bonchev–Trinajstić information content (AvgIpc) is 2.46. The van der Waals surface area contributed by atoms with Gasteiger partial charge in [-0.15, -0.1) is 0 Å². The van der Waals surface area contributed by atoms with Crippen molar-refractivity contribution in [2.45, 2.75) is 0 Å². The van der Waals surface area contributed by atoms with Crippen molar-refractivity contribution in [2.24, 2.45) is 0 Å². The lowest BCUT2D eigenvalue weighted by molar-refractivity contribution is 0.196. The number of hydrogen-bond acceptors (Lipinski definition) is 1.